The van der Waals surface area contributed by atoms with Crippen LogP contribution in [0.15, 0.2) is 0 Å². The van der Waals surface area contributed by atoms with Gasteiger partial charge in [0, 0.05) is 16.6 Å². The van der Waals surface area contributed by atoms with Gasteiger partial charge in [0.25, 0.3) is 6.92 Å². The van der Waals surface area contributed by atoms with Crippen LogP contribution in [0.25, 0.3) is 0 Å². The highest BCUT2D eigenvalue weighted by Gasteiger charge is 2.42. The Hall–Kier alpha value is 0.375. The maximum Gasteiger partial charge on any atom is 0.299 e. The van der Waals surface area contributed by atoms with Gasteiger partial charge in [-0.3, -0.25) is 0 Å². The molecule has 3 heteroatoms. The molecule has 0 amide bonds. The second kappa shape index (κ2) is 8.29. The first-order chi connectivity index (χ1) is 9.99. The molecule has 0 spiro atoms. The van der Waals surface area contributed by atoms with Gasteiger partial charge in [-0.25, -0.2) is 0 Å². The quantitative estimate of drug-likeness (QED) is 0.518. The van der Waals surface area contributed by atoms with Crippen LogP contribution in [-0.4, -0.2) is 23.5 Å². The summed E-state index contributed by atoms with van der Waals surface area (Å²) in [7, 11) is 0. The molecule has 0 aromatic rings. The summed E-state index contributed by atoms with van der Waals surface area (Å²) in [6, 6.07) is 0. The largest absolute Gasteiger partial charge is 0.432 e. The molecule has 1 nitrogen and oxygen atoms in total. The molecule has 122 valence electrons. The average Bonchev–Trinajstić information content (AvgIpc) is 2.40. The van der Waals surface area contributed by atoms with E-state index >= 15 is 0 Å². The molecule has 2 aliphatic heterocycles. The van der Waals surface area contributed by atoms with Crippen LogP contribution in [0.3, 0.4) is 0 Å². The summed E-state index contributed by atoms with van der Waals surface area (Å²) in [5, 5.41) is 0. The van der Waals surface area contributed by atoms with Crippen molar-refractivity contribution in [3.63, 3.8) is 0 Å². The van der Waals surface area contributed by atoms with Crippen LogP contribution in [0.2, 0.25) is 11.6 Å². The van der Waals surface area contributed by atoms with Crippen molar-refractivity contribution in [3.05, 3.63) is 0 Å². The monoisotopic (exact) mass is 310 g/mol. The maximum atomic E-state index is 6.74. The topological polar surface area (TPSA) is 9.23 Å². The fourth-order valence-corrected chi connectivity index (χ4v) is 4.96. The fraction of sp³-hybridized carbons (Fsp3) is 1.00. The van der Waals surface area contributed by atoms with Gasteiger partial charge < -0.3 is 4.65 Å². The first-order valence-corrected chi connectivity index (χ1v) is 10.3. The number of hydrogen-bond acceptors (Lipinski definition) is 2. The third-order valence-corrected chi connectivity index (χ3v) is 6.56. The molecule has 2 bridgehead atoms. The zero-order valence-electron chi connectivity index (χ0n) is 14.7. The Labute approximate surface area is 137 Å². The van der Waals surface area contributed by atoms with Gasteiger partial charge in [-0.15, -0.1) is 0 Å². The van der Waals surface area contributed by atoms with E-state index in [-0.39, 0.29) is 0 Å². The minimum absolute atomic E-state index is 0.357. The molecule has 1 unspecified atom stereocenters. The van der Waals surface area contributed by atoms with Crippen molar-refractivity contribution in [1.29, 1.82) is 0 Å². The van der Waals surface area contributed by atoms with Gasteiger partial charge >= 0.3 is 0 Å². The first kappa shape index (κ1) is 17.7. The van der Waals surface area contributed by atoms with Gasteiger partial charge in [0.2, 0.25) is 0 Å². The summed E-state index contributed by atoms with van der Waals surface area (Å²) in [5.41, 5.74) is 0. The van der Waals surface area contributed by atoms with E-state index in [0.29, 0.717) is 17.8 Å². The normalized spacial score (nSPS) is 27.7. The lowest BCUT2D eigenvalue weighted by atomic mass is 9.38. The molecule has 0 aromatic carbocycles. The van der Waals surface area contributed by atoms with Crippen LogP contribution in [0.1, 0.15) is 85.5 Å². The summed E-state index contributed by atoms with van der Waals surface area (Å²) in [5.74, 6) is 2.93. The number of hydrogen-bond donors (Lipinski definition) is 0. The molecule has 2 fully saturated rings. The van der Waals surface area contributed by atoms with E-state index in [9.17, 15) is 0 Å². The zero-order chi connectivity index (χ0) is 15.3. The van der Waals surface area contributed by atoms with Crippen LogP contribution in [0.4, 0.5) is 0 Å². The van der Waals surface area contributed by atoms with E-state index in [1.807, 2.05) is 0 Å². The van der Waals surface area contributed by atoms with Gasteiger partial charge in [0.15, 0.2) is 0 Å². The zero-order valence-corrected chi connectivity index (χ0v) is 15.5. The van der Waals surface area contributed by atoms with Crippen molar-refractivity contribution in [2.45, 2.75) is 108 Å². The molecule has 1 atom stereocenters. The second-order valence-electron chi connectivity index (χ2n) is 8.17. The van der Waals surface area contributed by atoms with E-state index in [1.165, 1.54) is 63.5 Å². The molecule has 21 heavy (non-hydrogen) atoms. The SMILES string of the molecule is CCCCC(CSC(C)(C)C)OB1C2CCCC1CCC2. The van der Waals surface area contributed by atoms with Crippen LogP contribution in [0.5, 0.6) is 0 Å². The smallest absolute Gasteiger partial charge is 0.299 e. The predicted octanol–water partition coefficient (Wildman–Crippen LogP) is 6.19. The highest BCUT2D eigenvalue weighted by atomic mass is 32.2. The molecule has 2 rings (SSSR count). The molecule has 0 aliphatic carbocycles. The molecule has 0 radical (unpaired) electrons. The first-order valence-electron chi connectivity index (χ1n) is 9.29. The Morgan fingerprint density at radius 3 is 2.14 bits per heavy atom. The lowest BCUT2D eigenvalue weighted by molar-refractivity contribution is 0.185. The third-order valence-electron chi connectivity index (χ3n) is 5.16. The van der Waals surface area contributed by atoms with E-state index in [2.05, 4.69) is 39.5 Å². The fourth-order valence-electron chi connectivity index (χ4n) is 4.02. The van der Waals surface area contributed by atoms with Crippen molar-refractivity contribution in [2.24, 2.45) is 0 Å². The molecular weight excluding hydrogens is 275 g/mol. The summed E-state index contributed by atoms with van der Waals surface area (Å²) < 4.78 is 7.09. The summed E-state index contributed by atoms with van der Waals surface area (Å²) in [6.07, 6.45) is 13.0. The summed E-state index contributed by atoms with van der Waals surface area (Å²) in [4.78, 5) is 0. The highest BCUT2D eigenvalue weighted by Crippen LogP contribution is 2.47. The Morgan fingerprint density at radius 2 is 1.67 bits per heavy atom. The minimum Gasteiger partial charge on any atom is -0.432 e. The van der Waals surface area contributed by atoms with Crippen molar-refractivity contribution in [1.82, 2.24) is 0 Å². The highest BCUT2D eigenvalue weighted by molar-refractivity contribution is 8.00. The van der Waals surface area contributed by atoms with Crippen molar-refractivity contribution >= 4 is 18.7 Å². The third kappa shape index (κ3) is 5.82. The van der Waals surface area contributed by atoms with Gasteiger partial charge in [0.1, 0.15) is 0 Å². The molecule has 2 saturated heterocycles. The predicted molar refractivity (Wildman–Crippen MR) is 97.6 cm³/mol. The lowest BCUT2D eigenvalue weighted by Crippen LogP contribution is -2.41. The van der Waals surface area contributed by atoms with E-state index in [4.69, 9.17) is 4.65 Å². The molecule has 2 aliphatic rings. The van der Waals surface area contributed by atoms with Gasteiger partial charge in [-0.1, -0.05) is 79.1 Å². The standard InChI is InChI=1S/C18H35BOS/c1-5-6-13-17(14-21-18(2,3)4)20-19-15-9-7-10-16(19)12-8-11-15/h15-17H,5-14H2,1-4H3. The average molecular weight is 310 g/mol. The molecule has 2 heterocycles. The van der Waals surface area contributed by atoms with Crippen LogP contribution >= 0.6 is 11.8 Å². The van der Waals surface area contributed by atoms with Gasteiger partial charge in [-0.2, -0.15) is 11.8 Å². The van der Waals surface area contributed by atoms with Gasteiger partial charge in [0.05, 0.1) is 0 Å². The number of unbranched alkanes of at least 4 members (excludes halogenated alkanes) is 1. The number of rotatable bonds is 7. The molecule has 0 aromatic heterocycles. The van der Waals surface area contributed by atoms with Crippen LogP contribution in [-0.2, 0) is 4.65 Å². The summed E-state index contributed by atoms with van der Waals surface area (Å²) >= 11 is 2.08. The van der Waals surface area contributed by atoms with Crippen molar-refractivity contribution in [3.8, 4) is 0 Å². The Bertz CT molecular complexity index is 280. The Balaban J connectivity index is 1.90. The Kier molecular flexibility index (Phi) is 7.00. The van der Waals surface area contributed by atoms with Crippen molar-refractivity contribution in [2.75, 3.05) is 5.75 Å². The minimum atomic E-state index is 0.357. The second-order valence-corrected chi connectivity index (χ2v) is 10.0. The number of thioether (sulfide) groups is 1. The summed E-state index contributed by atoms with van der Waals surface area (Å²) in [6.45, 7) is 9.86. The number of fused-ring (bicyclic) bond motifs is 2. The van der Waals surface area contributed by atoms with Crippen LogP contribution < -0.4 is 0 Å². The molecular formula is C18H35BOS. The Morgan fingerprint density at radius 1 is 1.10 bits per heavy atom. The lowest BCUT2D eigenvalue weighted by Gasteiger charge is -2.41. The van der Waals surface area contributed by atoms with E-state index in [1.54, 1.807) is 0 Å². The van der Waals surface area contributed by atoms with Gasteiger partial charge in [-0.05, 0) is 18.1 Å². The molecule has 0 N–H and O–H groups in total. The van der Waals surface area contributed by atoms with Crippen molar-refractivity contribution < 1.29 is 4.65 Å². The van der Waals surface area contributed by atoms with E-state index < -0.39 is 0 Å². The maximum absolute atomic E-state index is 6.74. The van der Waals surface area contributed by atoms with E-state index in [0.717, 1.165) is 11.6 Å². The molecule has 0 saturated carbocycles. The van der Waals surface area contributed by atoms with Crippen LogP contribution in [0, 0.1) is 0 Å².